The summed E-state index contributed by atoms with van der Waals surface area (Å²) in [5.41, 5.74) is 12.5. The van der Waals surface area contributed by atoms with Crippen LogP contribution in [0.1, 0.15) is 27.2 Å². The number of thiazole rings is 1. The second kappa shape index (κ2) is 5.71. The molecular weight excluding hydrogens is 260 g/mol. The van der Waals surface area contributed by atoms with Gasteiger partial charge in [0.1, 0.15) is 5.01 Å². The number of nitrogen functional groups attached to an aromatic ring is 1. The summed E-state index contributed by atoms with van der Waals surface area (Å²) < 4.78 is 0. The summed E-state index contributed by atoms with van der Waals surface area (Å²) in [5.74, 6) is -0.524. The van der Waals surface area contributed by atoms with Gasteiger partial charge in [-0.1, -0.05) is 6.92 Å². The quantitative estimate of drug-likeness (QED) is 0.728. The molecule has 19 heavy (non-hydrogen) atoms. The minimum atomic E-state index is -0.524. The first-order valence-electron chi connectivity index (χ1n) is 5.97. The predicted octanol–water partition coefficient (Wildman–Crippen LogP) is 2.00. The van der Waals surface area contributed by atoms with Crippen molar-refractivity contribution >= 4 is 28.6 Å². The Morgan fingerprint density at radius 3 is 2.89 bits per heavy atom. The highest BCUT2D eigenvalue weighted by atomic mass is 32.1. The number of aryl methyl sites for hydroxylation is 1. The number of carbonyl (C=O) groups excluding carboxylic acids is 1. The van der Waals surface area contributed by atoms with E-state index < -0.39 is 5.91 Å². The normalized spacial score (nSPS) is 10.4. The van der Waals surface area contributed by atoms with E-state index in [1.807, 2.05) is 12.3 Å². The molecule has 0 bridgehead atoms. The third kappa shape index (κ3) is 3.23. The molecule has 1 aromatic heterocycles. The molecule has 1 aromatic carbocycles. The number of benzene rings is 1. The van der Waals surface area contributed by atoms with Gasteiger partial charge in [-0.3, -0.25) is 4.79 Å². The molecule has 0 atom stereocenters. The molecule has 0 radical (unpaired) electrons. The number of anilines is 2. The molecule has 0 spiro atoms. The fraction of sp³-hybridized carbons (Fsp3) is 0.231. The Kier molecular flexibility index (Phi) is 4.01. The Morgan fingerprint density at radius 2 is 2.26 bits per heavy atom. The molecule has 0 aliphatic carbocycles. The van der Waals surface area contributed by atoms with Gasteiger partial charge in [-0.2, -0.15) is 0 Å². The van der Waals surface area contributed by atoms with Gasteiger partial charge in [0.2, 0.25) is 0 Å². The maximum Gasteiger partial charge on any atom is 0.250 e. The number of hydrogen-bond donors (Lipinski definition) is 3. The van der Waals surface area contributed by atoms with Crippen molar-refractivity contribution in [2.45, 2.75) is 19.9 Å². The molecule has 5 N–H and O–H groups in total. The number of carbonyl (C=O) groups is 1. The second-order valence-electron chi connectivity index (χ2n) is 4.09. The highest BCUT2D eigenvalue weighted by Gasteiger charge is 2.07. The molecule has 1 amide bonds. The molecule has 0 saturated heterocycles. The van der Waals surface area contributed by atoms with Crippen molar-refractivity contribution in [1.29, 1.82) is 0 Å². The van der Waals surface area contributed by atoms with Gasteiger partial charge in [0.15, 0.2) is 0 Å². The van der Waals surface area contributed by atoms with Crippen molar-refractivity contribution in [2.75, 3.05) is 11.1 Å². The zero-order chi connectivity index (χ0) is 13.8. The lowest BCUT2D eigenvalue weighted by molar-refractivity contribution is 0.100. The number of rotatable bonds is 5. The monoisotopic (exact) mass is 276 g/mol. The van der Waals surface area contributed by atoms with Gasteiger partial charge in [0.05, 0.1) is 12.1 Å². The predicted molar refractivity (Wildman–Crippen MR) is 78.2 cm³/mol. The largest absolute Gasteiger partial charge is 0.398 e. The van der Waals surface area contributed by atoms with E-state index in [0.29, 0.717) is 17.8 Å². The fourth-order valence-electron chi connectivity index (χ4n) is 1.65. The fourth-order valence-corrected chi connectivity index (χ4v) is 2.45. The topological polar surface area (TPSA) is 94.0 Å². The van der Waals surface area contributed by atoms with Gasteiger partial charge in [0.25, 0.3) is 5.91 Å². The van der Waals surface area contributed by atoms with Gasteiger partial charge < -0.3 is 16.8 Å². The van der Waals surface area contributed by atoms with Crippen molar-refractivity contribution < 1.29 is 4.79 Å². The SMILES string of the molecule is CCc1cnc(CNc2ccc(N)c(C(N)=O)c2)s1. The third-order valence-corrected chi connectivity index (χ3v) is 3.85. The molecule has 0 aliphatic rings. The molecule has 2 rings (SSSR count). The molecule has 0 saturated carbocycles. The van der Waals surface area contributed by atoms with Crippen LogP contribution in [-0.2, 0) is 13.0 Å². The Morgan fingerprint density at radius 1 is 1.47 bits per heavy atom. The molecule has 5 nitrogen and oxygen atoms in total. The van der Waals surface area contributed by atoms with Crippen LogP contribution in [0.5, 0.6) is 0 Å². The average Bonchev–Trinajstić information content (AvgIpc) is 2.85. The highest BCUT2D eigenvalue weighted by Crippen LogP contribution is 2.19. The summed E-state index contributed by atoms with van der Waals surface area (Å²) in [7, 11) is 0. The van der Waals surface area contributed by atoms with E-state index >= 15 is 0 Å². The molecule has 100 valence electrons. The number of nitrogens with zero attached hydrogens (tertiary/aromatic N) is 1. The van der Waals surface area contributed by atoms with Crippen molar-refractivity contribution in [2.24, 2.45) is 5.73 Å². The summed E-state index contributed by atoms with van der Waals surface area (Å²) in [6.07, 6.45) is 2.88. The minimum Gasteiger partial charge on any atom is -0.398 e. The number of nitrogens with two attached hydrogens (primary N) is 2. The zero-order valence-corrected chi connectivity index (χ0v) is 11.5. The molecular formula is C13H16N4OS. The van der Waals surface area contributed by atoms with Crippen LogP contribution in [0.3, 0.4) is 0 Å². The van der Waals surface area contributed by atoms with E-state index in [-0.39, 0.29) is 0 Å². The molecule has 0 unspecified atom stereocenters. The zero-order valence-electron chi connectivity index (χ0n) is 10.6. The molecule has 0 fully saturated rings. The van der Waals surface area contributed by atoms with Crippen LogP contribution in [-0.4, -0.2) is 10.9 Å². The molecule has 1 heterocycles. The minimum absolute atomic E-state index is 0.332. The standard InChI is InChI=1S/C13H16N4OS/c1-2-9-6-17-12(19-9)7-16-8-3-4-11(14)10(5-8)13(15)18/h3-6,16H,2,7,14H2,1H3,(H2,15,18). The van der Waals surface area contributed by atoms with Crippen molar-refractivity contribution in [3.05, 3.63) is 39.8 Å². The van der Waals surface area contributed by atoms with Crippen LogP contribution in [0.2, 0.25) is 0 Å². The maximum absolute atomic E-state index is 11.2. The van der Waals surface area contributed by atoms with E-state index in [1.165, 1.54) is 4.88 Å². The van der Waals surface area contributed by atoms with Gasteiger partial charge >= 0.3 is 0 Å². The number of aromatic nitrogens is 1. The lowest BCUT2D eigenvalue weighted by Crippen LogP contribution is -2.14. The number of hydrogen-bond acceptors (Lipinski definition) is 5. The highest BCUT2D eigenvalue weighted by molar-refractivity contribution is 7.11. The first kappa shape index (κ1) is 13.4. The average molecular weight is 276 g/mol. The summed E-state index contributed by atoms with van der Waals surface area (Å²) in [6.45, 7) is 2.72. The summed E-state index contributed by atoms with van der Waals surface area (Å²) >= 11 is 1.68. The third-order valence-electron chi connectivity index (χ3n) is 2.71. The summed E-state index contributed by atoms with van der Waals surface area (Å²) in [6, 6.07) is 5.14. The van der Waals surface area contributed by atoms with Crippen LogP contribution in [0.15, 0.2) is 24.4 Å². The first-order chi connectivity index (χ1) is 9.10. The van der Waals surface area contributed by atoms with Gasteiger partial charge in [-0.15, -0.1) is 11.3 Å². The Labute approximate surface area is 115 Å². The summed E-state index contributed by atoms with van der Waals surface area (Å²) in [5, 5.41) is 4.21. The van der Waals surface area contributed by atoms with E-state index in [9.17, 15) is 4.79 Å². The lowest BCUT2D eigenvalue weighted by atomic mass is 10.1. The van der Waals surface area contributed by atoms with E-state index in [1.54, 1.807) is 23.5 Å². The van der Waals surface area contributed by atoms with Crippen LogP contribution in [0, 0.1) is 0 Å². The van der Waals surface area contributed by atoms with Crippen LogP contribution < -0.4 is 16.8 Å². The van der Waals surface area contributed by atoms with Crippen molar-refractivity contribution in [1.82, 2.24) is 4.98 Å². The number of primary amides is 1. The number of nitrogens with one attached hydrogen (secondary N) is 1. The molecule has 0 aliphatic heterocycles. The first-order valence-corrected chi connectivity index (χ1v) is 6.78. The number of amides is 1. The molecule has 2 aromatic rings. The lowest BCUT2D eigenvalue weighted by Gasteiger charge is -2.07. The maximum atomic E-state index is 11.2. The van der Waals surface area contributed by atoms with Crippen molar-refractivity contribution in [3.8, 4) is 0 Å². The van der Waals surface area contributed by atoms with Gasteiger partial charge in [-0.05, 0) is 24.6 Å². The Bertz CT molecular complexity index is 594. The Hall–Kier alpha value is -2.08. The van der Waals surface area contributed by atoms with Crippen LogP contribution >= 0.6 is 11.3 Å². The van der Waals surface area contributed by atoms with Gasteiger partial charge in [-0.25, -0.2) is 4.98 Å². The van der Waals surface area contributed by atoms with Crippen LogP contribution in [0.25, 0.3) is 0 Å². The van der Waals surface area contributed by atoms with E-state index in [0.717, 1.165) is 17.1 Å². The molecule has 6 heteroatoms. The summed E-state index contributed by atoms with van der Waals surface area (Å²) in [4.78, 5) is 16.8. The van der Waals surface area contributed by atoms with Crippen molar-refractivity contribution in [3.63, 3.8) is 0 Å². The Balaban J connectivity index is 2.07. The van der Waals surface area contributed by atoms with Crippen LogP contribution in [0.4, 0.5) is 11.4 Å². The second-order valence-corrected chi connectivity index (χ2v) is 5.29. The van der Waals surface area contributed by atoms with E-state index in [2.05, 4.69) is 17.2 Å². The van der Waals surface area contributed by atoms with E-state index in [4.69, 9.17) is 11.5 Å². The van der Waals surface area contributed by atoms with Gasteiger partial charge in [0, 0.05) is 22.4 Å². The smallest absolute Gasteiger partial charge is 0.250 e.